The van der Waals surface area contributed by atoms with Gasteiger partial charge < -0.3 is 15.2 Å². The summed E-state index contributed by atoms with van der Waals surface area (Å²) in [5, 5.41) is 4.69. The third-order valence-corrected chi connectivity index (χ3v) is 5.66. The summed E-state index contributed by atoms with van der Waals surface area (Å²) < 4.78 is 0. The zero-order valence-electron chi connectivity index (χ0n) is 16.3. The fraction of sp³-hybridized carbons (Fsp3) is 0.409. The summed E-state index contributed by atoms with van der Waals surface area (Å²) >= 11 is 0. The van der Waals surface area contributed by atoms with Gasteiger partial charge in [0.25, 0.3) is 5.91 Å². The van der Waals surface area contributed by atoms with Crippen LogP contribution in [-0.2, 0) is 6.54 Å². The second-order valence-electron chi connectivity index (χ2n) is 7.46. The second kappa shape index (κ2) is 8.52. The average Bonchev–Trinajstić information content (AvgIpc) is 3.18. The quantitative estimate of drug-likeness (QED) is 0.689. The second-order valence-corrected chi connectivity index (χ2v) is 7.46. The molecule has 1 saturated carbocycles. The Morgan fingerprint density at radius 3 is 2.96 bits per heavy atom. The highest BCUT2D eigenvalue weighted by Gasteiger charge is 2.29. The zero-order chi connectivity index (χ0) is 19.3. The van der Waals surface area contributed by atoms with Crippen LogP contribution in [0.4, 0.5) is 0 Å². The molecule has 1 fully saturated rings. The van der Waals surface area contributed by atoms with Crippen LogP contribution >= 0.6 is 0 Å². The first-order chi connectivity index (χ1) is 13.7. The summed E-state index contributed by atoms with van der Waals surface area (Å²) in [6.45, 7) is 3.53. The van der Waals surface area contributed by atoms with E-state index in [2.05, 4.69) is 27.2 Å². The Balaban J connectivity index is 1.42. The van der Waals surface area contributed by atoms with Gasteiger partial charge in [-0.05, 0) is 50.8 Å². The van der Waals surface area contributed by atoms with E-state index >= 15 is 0 Å². The van der Waals surface area contributed by atoms with E-state index in [9.17, 15) is 4.79 Å². The third kappa shape index (κ3) is 4.07. The van der Waals surface area contributed by atoms with Gasteiger partial charge in [-0.3, -0.25) is 4.79 Å². The molecule has 1 aliphatic rings. The maximum atomic E-state index is 13.2. The van der Waals surface area contributed by atoms with Gasteiger partial charge in [-0.15, -0.1) is 0 Å². The van der Waals surface area contributed by atoms with E-state index in [-0.39, 0.29) is 11.9 Å². The summed E-state index contributed by atoms with van der Waals surface area (Å²) in [6, 6.07) is 12.6. The maximum absolute atomic E-state index is 13.2. The average molecular weight is 377 g/mol. The normalized spacial score (nSPS) is 19.6. The van der Waals surface area contributed by atoms with Crippen LogP contribution in [0, 0.1) is 0 Å². The summed E-state index contributed by atoms with van der Waals surface area (Å²) in [5.41, 5.74) is 2.69. The Hall–Kier alpha value is -2.73. The number of carbonyl (C=O) groups excluding carboxylic acids is 1. The number of hydrogen-bond acceptors (Lipinski definition) is 4. The SMILES string of the molecule is CCN(C(=O)c1cc2ccccc2[nH]1)[C@H]1CCCC(NCc2ccncn2)C1. The molecule has 1 aliphatic carbocycles. The van der Waals surface area contributed by atoms with Crippen LogP contribution in [0.15, 0.2) is 48.9 Å². The van der Waals surface area contributed by atoms with Gasteiger partial charge in [-0.25, -0.2) is 9.97 Å². The van der Waals surface area contributed by atoms with Crippen LogP contribution in [-0.4, -0.2) is 44.4 Å². The standard InChI is InChI=1S/C22H27N5O/c1-2-27(22(28)21-12-16-6-3-4-9-20(16)26-21)19-8-5-7-17(13-19)24-14-18-10-11-23-15-25-18/h3-4,6,9-12,15,17,19,24,26H,2,5,7-8,13-14H2,1H3/t17?,19-/m0/s1. The van der Waals surface area contributed by atoms with Gasteiger partial charge in [0.05, 0.1) is 5.69 Å². The van der Waals surface area contributed by atoms with E-state index in [0.29, 0.717) is 11.7 Å². The van der Waals surface area contributed by atoms with Gasteiger partial charge in [-0.1, -0.05) is 18.2 Å². The molecule has 2 aromatic heterocycles. The number of nitrogens with one attached hydrogen (secondary N) is 2. The zero-order valence-corrected chi connectivity index (χ0v) is 16.3. The number of hydrogen-bond donors (Lipinski definition) is 2. The number of nitrogens with zero attached hydrogens (tertiary/aromatic N) is 3. The molecule has 0 aliphatic heterocycles. The molecule has 6 heteroatoms. The third-order valence-electron chi connectivity index (χ3n) is 5.66. The van der Waals surface area contributed by atoms with Crippen molar-refractivity contribution in [1.29, 1.82) is 0 Å². The van der Waals surface area contributed by atoms with E-state index in [1.165, 1.54) is 0 Å². The Labute approximate surface area is 165 Å². The molecule has 2 N–H and O–H groups in total. The lowest BCUT2D eigenvalue weighted by Gasteiger charge is -2.37. The van der Waals surface area contributed by atoms with E-state index < -0.39 is 0 Å². The fourth-order valence-electron chi connectivity index (χ4n) is 4.21. The molecule has 0 spiro atoms. The highest BCUT2D eigenvalue weighted by atomic mass is 16.2. The topological polar surface area (TPSA) is 73.9 Å². The monoisotopic (exact) mass is 377 g/mol. The minimum Gasteiger partial charge on any atom is -0.351 e. The number of amides is 1. The highest BCUT2D eigenvalue weighted by Crippen LogP contribution is 2.25. The number of carbonyl (C=O) groups is 1. The van der Waals surface area contributed by atoms with Gasteiger partial charge in [-0.2, -0.15) is 0 Å². The lowest BCUT2D eigenvalue weighted by Crippen LogP contribution is -2.46. The van der Waals surface area contributed by atoms with E-state index in [1.807, 2.05) is 41.3 Å². The number of aromatic nitrogens is 3. The first-order valence-corrected chi connectivity index (χ1v) is 10.1. The molecular formula is C22H27N5O. The minimum atomic E-state index is 0.0974. The first kappa shape index (κ1) is 18.6. The molecule has 146 valence electrons. The molecule has 2 heterocycles. The van der Waals surface area contributed by atoms with Gasteiger partial charge >= 0.3 is 0 Å². The van der Waals surface area contributed by atoms with E-state index in [4.69, 9.17) is 0 Å². The highest BCUT2D eigenvalue weighted by molar-refractivity contribution is 5.98. The van der Waals surface area contributed by atoms with Crippen molar-refractivity contribution >= 4 is 16.8 Å². The van der Waals surface area contributed by atoms with Crippen LogP contribution in [0.5, 0.6) is 0 Å². The first-order valence-electron chi connectivity index (χ1n) is 10.1. The molecule has 2 atom stereocenters. The lowest BCUT2D eigenvalue weighted by molar-refractivity contribution is 0.0623. The Kier molecular flexibility index (Phi) is 5.67. The van der Waals surface area contributed by atoms with Crippen molar-refractivity contribution in [2.24, 2.45) is 0 Å². The minimum absolute atomic E-state index is 0.0974. The van der Waals surface area contributed by atoms with Crippen LogP contribution in [0.25, 0.3) is 10.9 Å². The van der Waals surface area contributed by atoms with Crippen molar-refractivity contribution in [3.63, 3.8) is 0 Å². The number of benzene rings is 1. The number of rotatable bonds is 6. The predicted molar refractivity (Wildman–Crippen MR) is 110 cm³/mol. The number of para-hydroxylation sites is 1. The molecule has 4 rings (SSSR count). The van der Waals surface area contributed by atoms with Crippen LogP contribution in [0.1, 0.15) is 48.8 Å². The summed E-state index contributed by atoms with van der Waals surface area (Å²) in [6.07, 6.45) is 7.66. The van der Waals surface area contributed by atoms with E-state index in [1.54, 1.807) is 12.5 Å². The molecule has 6 nitrogen and oxygen atoms in total. The Bertz CT molecular complexity index is 890. The molecule has 1 aromatic carbocycles. The summed E-state index contributed by atoms with van der Waals surface area (Å²) in [4.78, 5) is 26.7. The van der Waals surface area contributed by atoms with Crippen molar-refractivity contribution in [1.82, 2.24) is 25.2 Å². The predicted octanol–water partition coefficient (Wildman–Crippen LogP) is 3.52. The number of fused-ring (bicyclic) bond motifs is 1. The molecule has 0 saturated heterocycles. The van der Waals surface area contributed by atoms with Crippen LogP contribution in [0.2, 0.25) is 0 Å². The lowest BCUT2D eigenvalue weighted by atomic mass is 9.89. The number of H-pyrrole nitrogens is 1. The van der Waals surface area contributed by atoms with E-state index in [0.717, 1.165) is 55.4 Å². The number of aromatic amines is 1. The molecular weight excluding hydrogens is 350 g/mol. The van der Waals surface area contributed by atoms with Crippen LogP contribution < -0.4 is 5.32 Å². The molecule has 1 unspecified atom stereocenters. The summed E-state index contributed by atoms with van der Waals surface area (Å²) in [5.74, 6) is 0.0974. The molecule has 0 radical (unpaired) electrons. The van der Waals surface area contributed by atoms with Crippen molar-refractivity contribution in [3.05, 3.63) is 60.3 Å². The fourth-order valence-corrected chi connectivity index (χ4v) is 4.21. The van der Waals surface area contributed by atoms with Crippen molar-refractivity contribution < 1.29 is 4.79 Å². The van der Waals surface area contributed by atoms with Gasteiger partial charge in [0.1, 0.15) is 12.0 Å². The van der Waals surface area contributed by atoms with Gasteiger partial charge in [0.2, 0.25) is 0 Å². The smallest absolute Gasteiger partial charge is 0.270 e. The Morgan fingerprint density at radius 1 is 1.29 bits per heavy atom. The van der Waals surface area contributed by atoms with Gasteiger partial charge in [0.15, 0.2) is 0 Å². The molecule has 1 amide bonds. The van der Waals surface area contributed by atoms with Crippen LogP contribution in [0.3, 0.4) is 0 Å². The maximum Gasteiger partial charge on any atom is 0.270 e. The van der Waals surface area contributed by atoms with Gasteiger partial charge in [0, 0.05) is 42.3 Å². The molecule has 28 heavy (non-hydrogen) atoms. The Morgan fingerprint density at radius 2 is 2.18 bits per heavy atom. The largest absolute Gasteiger partial charge is 0.351 e. The molecule has 0 bridgehead atoms. The summed E-state index contributed by atoms with van der Waals surface area (Å²) in [7, 11) is 0. The van der Waals surface area contributed by atoms with Crippen molar-refractivity contribution in [2.75, 3.05) is 6.54 Å². The van der Waals surface area contributed by atoms with Crippen molar-refractivity contribution in [2.45, 2.75) is 51.2 Å². The molecule has 3 aromatic rings. The van der Waals surface area contributed by atoms with Crippen molar-refractivity contribution in [3.8, 4) is 0 Å².